The van der Waals surface area contributed by atoms with E-state index in [1.807, 2.05) is 24.3 Å². The number of methoxy groups -OCH3 is 2. The van der Waals surface area contributed by atoms with E-state index in [4.69, 9.17) is 14.6 Å². The first-order chi connectivity index (χ1) is 10.1. The first kappa shape index (κ1) is 14.7. The molecule has 2 aromatic carbocycles. The molecule has 0 aromatic heterocycles. The van der Waals surface area contributed by atoms with Gasteiger partial charge in [0.15, 0.2) is 11.5 Å². The second kappa shape index (κ2) is 6.65. The highest BCUT2D eigenvalue weighted by atomic mass is 16.5. The molecule has 2 rings (SSSR count). The Morgan fingerprint density at radius 2 is 1.86 bits per heavy atom. The van der Waals surface area contributed by atoms with Crippen molar-refractivity contribution < 1.29 is 19.4 Å². The molecule has 21 heavy (non-hydrogen) atoms. The molecule has 0 amide bonds. The number of anilines is 1. The SMILES string of the molecule is COc1ccc(CNc2cccc(C(=O)O)c2)cc1OC. The Morgan fingerprint density at radius 3 is 2.52 bits per heavy atom. The Hall–Kier alpha value is -2.69. The van der Waals surface area contributed by atoms with E-state index in [0.717, 1.165) is 11.3 Å². The van der Waals surface area contributed by atoms with Gasteiger partial charge in [-0.1, -0.05) is 12.1 Å². The summed E-state index contributed by atoms with van der Waals surface area (Å²) < 4.78 is 10.4. The van der Waals surface area contributed by atoms with E-state index in [-0.39, 0.29) is 5.56 Å². The molecule has 0 atom stereocenters. The van der Waals surface area contributed by atoms with Crippen molar-refractivity contribution in [1.29, 1.82) is 0 Å². The predicted octanol–water partition coefficient (Wildman–Crippen LogP) is 3.01. The molecule has 0 aliphatic heterocycles. The molecule has 5 heteroatoms. The van der Waals surface area contributed by atoms with Gasteiger partial charge in [-0.25, -0.2) is 4.79 Å². The third kappa shape index (κ3) is 3.66. The van der Waals surface area contributed by atoms with Gasteiger partial charge >= 0.3 is 5.97 Å². The lowest BCUT2D eigenvalue weighted by atomic mass is 10.1. The van der Waals surface area contributed by atoms with E-state index in [2.05, 4.69) is 5.32 Å². The number of nitrogens with one attached hydrogen (secondary N) is 1. The lowest BCUT2D eigenvalue weighted by Gasteiger charge is -2.11. The number of hydrogen-bond donors (Lipinski definition) is 2. The Bertz CT molecular complexity index is 640. The molecule has 0 aliphatic rings. The van der Waals surface area contributed by atoms with Crippen molar-refractivity contribution in [3.05, 3.63) is 53.6 Å². The number of carbonyl (C=O) groups is 1. The lowest BCUT2D eigenvalue weighted by Crippen LogP contribution is -2.02. The van der Waals surface area contributed by atoms with Crippen LogP contribution < -0.4 is 14.8 Å². The van der Waals surface area contributed by atoms with Gasteiger partial charge < -0.3 is 19.9 Å². The maximum absolute atomic E-state index is 10.9. The van der Waals surface area contributed by atoms with Crippen LogP contribution in [0.3, 0.4) is 0 Å². The predicted molar refractivity (Wildman–Crippen MR) is 80.3 cm³/mol. The van der Waals surface area contributed by atoms with Gasteiger partial charge in [0.2, 0.25) is 0 Å². The molecule has 0 saturated heterocycles. The molecule has 0 fully saturated rings. The Morgan fingerprint density at radius 1 is 1.10 bits per heavy atom. The average molecular weight is 287 g/mol. The monoisotopic (exact) mass is 287 g/mol. The molecule has 5 nitrogen and oxygen atoms in total. The number of benzene rings is 2. The van der Waals surface area contributed by atoms with Gasteiger partial charge in [-0.3, -0.25) is 0 Å². The van der Waals surface area contributed by atoms with Crippen molar-refractivity contribution in [2.24, 2.45) is 0 Å². The fourth-order valence-electron chi connectivity index (χ4n) is 1.96. The van der Waals surface area contributed by atoms with E-state index in [1.54, 1.807) is 32.4 Å². The number of carboxylic acid groups (broad SMARTS) is 1. The van der Waals surface area contributed by atoms with Gasteiger partial charge in [0.05, 0.1) is 19.8 Å². The van der Waals surface area contributed by atoms with Gasteiger partial charge in [0.25, 0.3) is 0 Å². The van der Waals surface area contributed by atoms with Crippen LogP contribution in [0.15, 0.2) is 42.5 Å². The van der Waals surface area contributed by atoms with Crippen LogP contribution >= 0.6 is 0 Å². The number of rotatable bonds is 6. The summed E-state index contributed by atoms with van der Waals surface area (Å²) in [6.07, 6.45) is 0. The number of carboxylic acids is 1. The summed E-state index contributed by atoms with van der Waals surface area (Å²) >= 11 is 0. The molecular formula is C16H17NO4. The van der Waals surface area contributed by atoms with Crippen LogP contribution in [0.25, 0.3) is 0 Å². The first-order valence-corrected chi connectivity index (χ1v) is 6.42. The minimum Gasteiger partial charge on any atom is -0.493 e. The van der Waals surface area contributed by atoms with Gasteiger partial charge in [0.1, 0.15) is 0 Å². The Labute approximate surface area is 123 Å². The quantitative estimate of drug-likeness (QED) is 0.854. The molecule has 0 bridgehead atoms. The maximum atomic E-state index is 10.9. The third-order valence-electron chi connectivity index (χ3n) is 3.05. The van der Waals surface area contributed by atoms with Crippen LogP contribution in [0.2, 0.25) is 0 Å². The highest BCUT2D eigenvalue weighted by molar-refractivity contribution is 5.88. The van der Waals surface area contributed by atoms with Gasteiger partial charge in [-0.2, -0.15) is 0 Å². The van der Waals surface area contributed by atoms with Crippen molar-refractivity contribution in [3.63, 3.8) is 0 Å². The van der Waals surface area contributed by atoms with Crippen LogP contribution in [0, 0.1) is 0 Å². The molecule has 0 spiro atoms. The van der Waals surface area contributed by atoms with Crippen LogP contribution in [-0.4, -0.2) is 25.3 Å². The van der Waals surface area contributed by atoms with Crippen molar-refractivity contribution in [3.8, 4) is 11.5 Å². The smallest absolute Gasteiger partial charge is 0.335 e. The van der Waals surface area contributed by atoms with Crippen molar-refractivity contribution in [1.82, 2.24) is 0 Å². The molecule has 2 N–H and O–H groups in total. The second-order valence-corrected chi connectivity index (χ2v) is 4.43. The van der Waals surface area contributed by atoms with Crippen molar-refractivity contribution >= 4 is 11.7 Å². The third-order valence-corrected chi connectivity index (χ3v) is 3.05. The van der Waals surface area contributed by atoms with E-state index in [0.29, 0.717) is 18.0 Å². The maximum Gasteiger partial charge on any atom is 0.335 e. The Kier molecular flexibility index (Phi) is 4.66. The van der Waals surface area contributed by atoms with Crippen LogP contribution in [-0.2, 0) is 6.54 Å². The van der Waals surface area contributed by atoms with E-state index in [9.17, 15) is 4.79 Å². The fourth-order valence-corrected chi connectivity index (χ4v) is 1.96. The summed E-state index contributed by atoms with van der Waals surface area (Å²) in [6.45, 7) is 0.559. The molecule has 0 radical (unpaired) electrons. The van der Waals surface area contributed by atoms with Gasteiger partial charge in [-0.15, -0.1) is 0 Å². The highest BCUT2D eigenvalue weighted by Crippen LogP contribution is 2.27. The van der Waals surface area contributed by atoms with Crippen LogP contribution in [0.1, 0.15) is 15.9 Å². The normalized spacial score (nSPS) is 10.0. The zero-order valence-corrected chi connectivity index (χ0v) is 11.9. The van der Waals surface area contributed by atoms with Crippen molar-refractivity contribution in [2.45, 2.75) is 6.54 Å². The standard InChI is InChI=1S/C16H17NO4/c1-20-14-7-6-11(8-15(14)21-2)10-17-13-5-3-4-12(9-13)16(18)19/h3-9,17H,10H2,1-2H3,(H,18,19). The summed E-state index contributed by atoms with van der Waals surface area (Å²) in [7, 11) is 3.18. The summed E-state index contributed by atoms with van der Waals surface area (Å²) in [4.78, 5) is 10.9. The van der Waals surface area contributed by atoms with E-state index >= 15 is 0 Å². The number of ether oxygens (including phenoxy) is 2. The second-order valence-electron chi connectivity index (χ2n) is 4.43. The van der Waals surface area contributed by atoms with Crippen molar-refractivity contribution in [2.75, 3.05) is 19.5 Å². The molecule has 0 aliphatic carbocycles. The molecule has 0 unspecified atom stereocenters. The summed E-state index contributed by atoms with van der Waals surface area (Å²) in [5, 5.41) is 12.1. The molecule has 0 saturated carbocycles. The van der Waals surface area contributed by atoms with Crippen LogP contribution in [0.5, 0.6) is 11.5 Å². The number of aromatic carboxylic acids is 1. The minimum absolute atomic E-state index is 0.257. The van der Waals surface area contributed by atoms with E-state index in [1.165, 1.54) is 0 Å². The minimum atomic E-state index is -0.940. The summed E-state index contributed by atoms with van der Waals surface area (Å²) in [5.74, 6) is 0.398. The van der Waals surface area contributed by atoms with Gasteiger partial charge in [0, 0.05) is 12.2 Å². The van der Waals surface area contributed by atoms with E-state index < -0.39 is 5.97 Å². The zero-order chi connectivity index (χ0) is 15.2. The average Bonchev–Trinajstić information content (AvgIpc) is 2.52. The first-order valence-electron chi connectivity index (χ1n) is 6.42. The lowest BCUT2D eigenvalue weighted by molar-refractivity contribution is 0.0697. The number of hydrogen-bond acceptors (Lipinski definition) is 4. The van der Waals surface area contributed by atoms with Crippen LogP contribution in [0.4, 0.5) is 5.69 Å². The van der Waals surface area contributed by atoms with Gasteiger partial charge in [-0.05, 0) is 35.9 Å². The summed E-state index contributed by atoms with van der Waals surface area (Å²) in [5.41, 5.74) is 2.02. The Balaban J connectivity index is 2.09. The largest absolute Gasteiger partial charge is 0.493 e. The molecule has 110 valence electrons. The highest BCUT2D eigenvalue weighted by Gasteiger charge is 2.06. The summed E-state index contributed by atoms with van der Waals surface area (Å²) in [6, 6.07) is 12.3. The zero-order valence-electron chi connectivity index (χ0n) is 11.9. The molecule has 2 aromatic rings. The molecule has 0 heterocycles. The fraction of sp³-hybridized carbons (Fsp3) is 0.188. The topological polar surface area (TPSA) is 67.8 Å². The molecular weight excluding hydrogens is 270 g/mol.